The van der Waals surface area contributed by atoms with Crippen LogP contribution in [0.4, 0.5) is 0 Å². The highest BCUT2D eigenvalue weighted by Gasteiger charge is 2.39. The number of nitrogens with one attached hydrogen (secondary N) is 1. The molecule has 2 rings (SSSR count). The zero-order valence-electron chi connectivity index (χ0n) is 14.7. The van der Waals surface area contributed by atoms with Crippen LogP contribution in [-0.4, -0.2) is 51.0 Å². The van der Waals surface area contributed by atoms with Gasteiger partial charge < -0.3 is 24.0 Å². The standard InChI is InChI=1S/C14H23N2O9P/c1-4-22-9(3)24-10-5-12(25-11(10)7-23-26(19,20)21)16-6-8(2)13(17)15-14(16)18/h6,9-12H,4-5,7H2,1-3H3,(H,15,17,18)(H2,19,20,21)/t9-,10?,11+,12+/m0/s1. The van der Waals surface area contributed by atoms with E-state index < -0.39 is 50.4 Å². The minimum Gasteiger partial charge on any atom is -0.353 e. The first-order chi connectivity index (χ1) is 12.1. The topological polar surface area (TPSA) is 149 Å². The summed E-state index contributed by atoms with van der Waals surface area (Å²) in [4.78, 5) is 43.5. The Balaban J connectivity index is 2.20. The third-order valence-corrected chi connectivity index (χ3v) is 4.30. The number of aromatic amines is 1. The fourth-order valence-electron chi connectivity index (χ4n) is 2.66. The Kier molecular flexibility index (Phi) is 6.92. The van der Waals surface area contributed by atoms with E-state index in [2.05, 4.69) is 9.51 Å². The van der Waals surface area contributed by atoms with Crippen LogP contribution in [0.25, 0.3) is 0 Å². The molecular formula is C14H23N2O9P. The molecule has 0 saturated carbocycles. The highest BCUT2D eigenvalue weighted by molar-refractivity contribution is 7.46. The second-order valence-corrected chi connectivity index (χ2v) is 7.07. The summed E-state index contributed by atoms with van der Waals surface area (Å²) < 4.78 is 33.4. The van der Waals surface area contributed by atoms with E-state index in [4.69, 9.17) is 24.0 Å². The molecule has 1 saturated heterocycles. The van der Waals surface area contributed by atoms with Gasteiger partial charge >= 0.3 is 13.5 Å². The lowest BCUT2D eigenvalue weighted by Gasteiger charge is -2.22. The SMILES string of the molecule is CCO[C@H](C)OC1C[C@H](n2cc(C)c(=O)[nH]c2=O)O[C@@H]1COP(=O)(O)O. The van der Waals surface area contributed by atoms with Gasteiger partial charge in [0.25, 0.3) is 5.56 Å². The molecule has 11 nitrogen and oxygen atoms in total. The highest BCUT2D eigenvalue weighted by Crippen LogP contribution is 2.38. The number of hydrogen-bond donors (Lipinski definition) is 3. The van der Waals surface area contributed by atoms with E-state index in [0.717, 1.165) is 0 Å². The van der Waals surface area contributed by atoms with E-state index >= 15 is 0 Å². The molecule has 0 amide bonds. The van der Waals surface area contributed by atoms with Crippen molar-refractivity contribution in [1.82, 2.24) is 9.55 Å². The van der Waals surface area contributed by atoms with Crippen molar-refractivity contribution in [3.8, 4) is 0 Å². The normalized spacial score (nSPS) is 24.7. The number of phosphoric ester groups is 1. The first-order valence-electron chi connectivity index (χ1n) is 8.05. The van der Waals surface area contributed by atoms with Gasteiger partial charge in [0.1, 0.15) is 12.3 Å². The first-order valence-corrected chi connectivity index (χ1v) is 9.58. The molecule has 3 N–H and O–H groups in total. The van der Waals surface area contributed by atoms with Crippen LogP contribution >= 0.6 is 7.82 Å². The van der Waals surface area contributed by atoms with Gasteiger partial charge in [0.15, 0.2) is 6.29 Å². The Morgan fingerprint density at radius 1 is 1.46 bits per heavy atom. The van der Waals surface area contributed by atoms with Gasteiger partial charge in [-0.15, -0.1) is 0 Å². The van der Waals surface area contributed by atoms with E-state index in [1.165, 1.54) is 10.8 Å². The zero-order valence-corrected chi connectivity index (χ0v) is 15.5. The maximum atomic E-state index is 12.0. The average molecular weight is 394 g/mol. The largest absolute Gasteiger partial charge is 0.469 e. The molecule has 148 valence electrons. The van der Waals surface area contributed by atoms with Gasteiger partial charge in [0, 0.05) is 24.8 Å². The second kappa shape index (κ2) is 8.57. The molecule has 4 atom stereocenters. The molecule has 1 aliphatic rings. The molecule has 1 aliphatic heterocycles. The first kappa shape index (κ1) is 21.0. The maximum Gasteiger partial charge on any atom is 0.469 e. The van der Waals surface area contributed by atoms with Crippen molar-refractivity contribution < 1.29 is 33.1 Å². The van der Waals surface area contributed by atoms with Crippen LogP contribution in [-0.2, 0) is 23.3 Å². The van der Waals surface area contributed by atoms with Crippen molar-refractivity contribution in [3.63, 3.8) is 0 Å². The van der Waals surface area contributed by atoms with E-state index in [0.29, 0.717) is 12.2 Å². The van der Waals surface area contributed by atoms with E-state index in [9.17, 15) is 14.2 Å². The minimum absolute atomic E-state index is 0.206. The monoisotopic (exact) mass is 394 g/mol. The van der Waals surface area contributed by atoms with Gasteiger partial charge in [-0.3, -0.25) is 18.9 Å². The molecule has 1 aromatic rings. The number of rotatable bonds is 8. The second-order valence-electron chi connectivity index (χ2n) is 5.83. The Bertz CT molecular complexity index is 770. The van der Waals surface area contributed by atoms with Crippen LogP contribution in [0.3, 0.4) is 0 Å². The van der Waals surface area contributed by atoms with Gasteiger partial charge in [0.2, 0.25) is 0 Å². The predicted molar refractivity (Wildman–Crippen MR) is 88.5 cm³/mol. The molecule has 2 heterocycles. The minimum atomic E-state index is -4.69. The van der Waals surface area contributed by atoms with Crippen LogP contribution in [0, 0.1) is 6.92 Å². The molecule has 1 unspecified atom stereocenters. The lowest BCUT2D eigenvalue weighted by atomic mass is 10.2. The van der Waals surface area contributed by atoms with Crippen molar-refractivity contribution in [2.75, 3.05) is 13.2 Å². The number of hydrogen-bond acceptors (Lipinski definition) is 7. The van der Waals surface area contributed by atoms with E-state index in [-0.39, 0.29) is 6.42 Å². The van der Waals surface area contributed by atoms with Crippen LogP contribution in [0.1, 0.15) is 32.1 Å². The van der Waals surface area contributed by atoms with Crippen molar-refractivity contribution >= 4 is 7.82 Å². The van der Waals surface area contributed by atoms with Gasteiger partial charge in [-0.25, -0.2) is 9.36 Å². The molecule has 12 heteroatoms. The molecule has 0 aromatic carbocycles. The van der Waals surface area contributed by atoms with Gasteiger partial charge in [0.05, 0.1) is 12.7 Å². The molecule has 1 aromatic heterocycles. The number of phosphoric acid groups is 1. The Hall–Kier alpha value is -1.33. The summed E-state index contributed by atoms with van der Waals surface area (Å²) in [7, 11) is -4.69. The fraction of sp³-hybridized carbons (Fsp3) is 0.714. The Morgan fingerprint density at radius 3 is 2.77 bits per heavy atom. The van der Waals surface area contributed by atoms with Crippen molar-refractivity contribution in [2.24, 2.45) is 0 Å². The lowest BCUT2D eigenvalue weighted by molar-refractivity contribution is -0.172. The highest BCUT2D eigenvalue weighted by atomic mass is 31.2. The summed E-state index contributed by atoms with van der Waals surface area (Å²) in [5.41, 5.74) is -0.828. The number of H-pyrrole nitrogens is 1. The lowest BCUT2D eigenvalue weighted by Crippen LogP contribution is -2.33. The molecule has 0 aliphatic carbocycles. The van der Waals surface area contributed by atoms with Crippen LogP contribution < -0.4 is 11.2 Å². The number of nitrogens with zero attached hydrogens (tertiary/aromatic N) is 1. The molecule has 0 bridgehead atoms. The Morgan fingerprint density at radius 2 is 2.15 bits per heavy atom. The van der Waals surface area contributed by atoms with Gasteiger partial charge in [-0.2, -0.15) is 0 Å². The van der Waals surface area contributed by atoms with Crippen LogP contribution in [0.2, 0.25) is 0 Å². The average Bonchev–Trinajstić information content (AvgIpc) is 2.91. The molecular weight excluding hydrogens is 371 g/mol. The maximum absolute atomic E-state index is 12.0. The molecule has 0 spiro atoms. The third kappa shape index (κ3) is 5.58. The number of ether oxygens (including phenoxy) is 3. The Labute approximate surface area is 149 Å². The van der Waals surface area contributed by atoms with E-state index in [1.54, 1.807) is 20.8 Å². The summed E-state index contributed by atoms with van der Waals surface area (Å²) >= 11 is 0. The van der Waals surface area contributed by atoms with Crippen molar-refractivity contribution in [2.45, 2.75) is 51.9 Å². The van der Waals surface area contributed by atoms with Crippen LogP contribution in [0.15, 0.2) is 15.8 Å². The third-order valence-electron chi connectivity index (χ3n) is 3.81. The quantitative estimate of drug-likeness (QED) is 0.409. The van der Waals surface area contributed by atoms with Gasteiger partial charge in [-0.1, -0.05) is 0 Å². The smallest absolute Gasteiger partial charge is 0.353 e. The number of aromatic nitrogens is 2. The summed E-state index contributed by atoms with van der Waals surface area (Å²) in [6.45, 7) is 5.00. The summed E-state index contributed by atoms with van der Waals surface area (Å²) in [5, 5.41) is 0. The summed E-state index contributed by atoms with van der Waals surface area (Å²) in [6, 6.07) is 0. The molecule has 1 fully saturated rings. The zero-order chi connectivity index (χ0) is 19.5. The number of aryl methyl sites for hydroxylation is 1. The fourth-order valence-corrected chi connectivity index (χ4v) is 3.00. The summed E-state index contributed by atoms with van der Waals surface area (Å²) in [5.74, 6) is 0. The molecule has 0 radical (unpaired) electrons. The van der Waals surface area contributed by atoms with Crippen molar-refractivity contribution in [1.29, 1.82) is 0 Å². The van der Waals surface area contributed by atoms with Gasteiger partial charge in [-0.05, 0) is 20.8 Å². The van der Waals surface area contributed by atoms with E-state index in [1.807, 2.05) is 0 Å². The van der Waals surface area contributed by atoms with Crippen LogP contribution in [0.5, 0.6) is 0 Å². The molecule has 26 heavy (non-hydrogen) atoms. The predicted octanol–water partition coefficient (Wildman–Crippen LogP) is 0.00952. The van der Waals surface area contributed by atoms with Crippen molar-refractivity contribution in [3.05, 3.63) is 32.6 Å². The summed E-state index contributed by atoms with van der Waals surface area (Å²) in [6.07, 6.45) is -1.28.